The normalized spacial score (nSPS) is 16.6. The number of hydrogen-bond acceptors (Lipinski definition) is 5. The maximum absolute atomic E-state index is 13.0. The van der Waals surface area contributed by atoms with Crippen molar-refractivity contribution in [2.45, 2.75) is 46.6 Å². The molecule has 1 atom stereocenters. The van der Waals surface area contributed by atoms with Gasteiger partial charge in [0.1, 0.15) is 5.58 Å². The number of benzene rings is 2. The van der Waals surface area contributed by atoms with Gasteiger partial charge in [-0.2, -0.15) is 0 Å². The Morgan fingerprint density at radius 3 is 2.55 bits per heavy atom. The third-order valence-electron chi connectivity index (χ3n) is 6.47. The number of carbonyl (C=O) groups is 1. The predicted molar refractivity (Wildman–Crippen MR) is 133 cm³/mol. The molecule has 0 bridgehead atoms. The lowest BCUT2D eigenvalue weighted by Gasteiger charge is -2.37. The van der Waals surface area contributed by atoms with Crippen molar-refractivity contribution < 1.29 is 14.3 Å². The summed E-state index contributed by atoms with van der Waals surface area (Å²) in [6.45, 7) is 10.0. The smallest absolute Gasteiger partial charge is 0.337 e. The highest BCUT2D eigenvalue weighted by molar-refractivity contribution is 6.31. The van der Waals surface area contributed by atoms with E-state index in [1.165, 1.54) is 6.07 Å². The average molecular weight is 469 g/mol. The van der Waals surface area contributed by atoms with E-state index >= 15 is 0 Å². The Bertz CT molecular complexity index is 1270. The van der Waals surface area contributed by atoms with Gasteiger partial charge < -0.3 is 19.7 Å². The third kappa shape index (κ3) is 4.86. The standard InChI is InChI=1S/C26H29ClN2O4/c1-15-11-19(16(2)28-21-13-17(27)5-6-18(21)25(31)32)24-20(12-15)22(30)14-23(33-24)29-9-7-26(3,4)8-10-29/h5-6,11-14,16,28H,7-10H2,1-4H3,(H,31,32)/t16-/m1/s1. The lowest BCUT2D eigenvalue weighted by atomic mass is 9.83. The van der Waals surface area contributed by atoms with Crippen LogP contribution in [0.2, 0.25) is 5.02 Å². The molecule has 1 fully saturated rings. The molecule has 0 radical (unpaired) electrons. The lowest BCUT2D eigenvalue weighted by Crippen LogP contribution is -2.37. The van der Waals surface area contributed by atoms with Crippen LogP contribution < -0.4 is 15.6 Å². The summed E-state index contributed by atoms with van der Waals surface area (Å²) >= 11 is 6.12. The van der Waals surface area contributed by atoms with E-state index in [-0.39, 0.29) is 22.4 Å². The first-order chi connectivity index (χ1) is 15.5. The van der Waals surface area contributed by atoms with Crippen LogP contribution in [-0.2, 0) is 0 Å². The summed E-state index contributed by atoms with van der Waals surface area (Å²) in [5.41, 5.74) is 2.98. The number of halogens is 1. The zero-order valence-electron chi connectivity index (χ0n) is 19.4. The average Bonchev–Trinajstić information content (AvgIpc) is 2.73. The molecule has 0 spiro atoms. The molecule has 1 aromatic heterocycles. The second-order valence-electron chi connectivity index (χ2n) is 9.69. The van der Waals surface area contributed by atoms with Gasteiger partial charge in [-0.05, 0) is 61.9 Å². The van der Waals surface area contributed by atoms with Crippen molar-refractivity contribution in [3.63, 3.8) is 0 Å². The van der Waals surface area contributed by atoms with E-state index in [1.54, 1.807) is 18.2 Å². The number of aryl methyl sites for hydroxylation is 1. The number of piperidine rings is 1. The largest absolute Gasteiger partial charge is 0.478 e. The molecule has 2 N–H and O–H groups in total. The van der Waals surface area contributed by atoms with Gasteiger partial charge in [0.25, 0.3) is 0 Å². The molecule has 2 aromatic carbocycles. The Balaban J connectivity index is 1.76. The van der Waals surface area contributed by atoms with E-state index in [9.17, 15) is 14.7 Å². The van der Waals surface area contributed by atoms with Crippen LogP contribution in [0, 0.1) is 12.3 Å². The molecule has 0 unspecified atom stereocenters. The van der Waals surface area contributed by atoms with E-state index in [2.05, 4.69) is 24.1 Å². The summed E-state index contributed by atoms with van der Waals surface area (Å²) in [6, 6.07) is 9.68. The second-order valence-corrected chi connectivity index (χ2v) is 10.1. The van der Waals surface area contributed by atoms with Gasteiger partial charge in [0.2, 0.25) is 0 Å². The monoisotopic (exact) mass is 468 g/mol. The fourth-order valence-corrected chi connectivity index (χ4v) is 4.54. The van der Waals surface area contributed by atoms with Crippen LogP contribution in [-0.4, -0.2) is 24.2 Å². The molecule has 1 aliphatic heterocycles. The molecule has 7 heteroatoms. The number of fused-ring (bicyclic) bond motifs is 1. The number of aromatic carboxylic acids is 1. The van der Waals surface area contributed by atoms with Crippen molar-refractivity contribution in [3.05, 3.63) is 68.3 Å². The number of nitrogens with one attached hydrogen (secondary N) is 1. The Labute approximate surface area is 198 Å². The third-order valence-corrected chi connectivity index (χ3v) is 6.70. The van der Waals surface area contributed by atoms with Crippen molar-refractivity contribution in [2.24, 2.45) is 5.41 Å². The Morgan fingerprint density at radius 2 is 1.88 bits per heavy atom. The second kappa shape index (κ2) is 8.75. The zero-order chi connectivity index (χ0) is 23.9. The van der Waals surface area contributed by atoms with Gasteiger partial charge in [-0.3, -0.25) is 4.79 Å². The maximum atomic E-state index is 13.0. The van der Waals surface area contributed by atoms with E-state index in [4.69, 9.17) is 16.0 Å². The Morgan fingerprint density at radius 1 is 1.18 bits per heavy atom. The van der Waals surface area contributed by atoms with E-state index in [0.29, 0.717) is 27.6 Å². The van der Waals surface area contributed by atoms with E-state index in [1.807, 2.05) is 26.0 Å². The molecule has 6 nitrogen and oxygen atoms in total. The lowest BCUT2D eigenvalue weighted by molar-refractivity contribution is 0.0698. The highest BCUT2D eigenvalue weighted by Crippen LogP contribution is 2.35. The molecule has 0 aliphatic carbocycles. The summed E-state index contributed by atoms with van der Waals surface area (Å²) < 4.78 is 6.34. The molecular weight excluding hydrogens is 440 g/mol. The molecule has 3 aromatic rings. The number of anilines is 2. The first kappa shape index (κ1) is 23.2. The minimum atomic E-state index is -1.04. The van der Waals surface area contributed by atoms with Gasteiger partial charge >= 0.3 is 5.97 Å². The van der Waals surface area contributed by atoms with Crippen LogP contribution in [0.5, 0.6) is 0 Å². The molecule has 0 amide bonds. The van der Waals surface area contributed by atoms with Gasteiger partial charge in [-0.1, -0.05) is 31.5 Å². The fraction of sp³-hybridized carbons (Fsp3) is 0.385. The number of hydrogen-bond donors (Lipinski definition) is 2. The van der Waals surface area contributed by atoms with Gasteiger partial charge in [0, 0.05) is 29.7 Å². The summed E-state index contributed by atoms with van der Waals surface area (Å²) in [5, 5.41) is 13.8. The van der Waals surface area contributed by atoms with Crippen molar-refractivity contribution in [1.82, 2.24) is 0 Å². The van der Waals surface area contributed by atoms with Crippen LogP contribution in [0.4, 0.5) is 11.6 Å². The predicted octanol–water partition coefficient (Wildman–Crippen LogP) is 6.25. The van der Waals surface area contributed by atoms with Crippen LogP contribution in [0.1, 0.15) is 61.1 Å². The molecule has 33 heavy (non-hydrogen) atoms. The Kier molecular flexibility index (Phi) is 6.14. The first-order valence-corrected chi connectivity index (χ1v) is 11.5. The van der Waals surface area contributed by atoms with Gasteiger partial charge in [-0.15, -0.1) is 0 Å². The van der Waals surface area contributed by atoms with Gasteiger partial charge in [-0.25, -0.2) is 4.79 Å². The first-order valence-electron chi connectivity index (χ1n) is 11.2. The summed E-state index contributed by atoms with van der Waals surface area (Å²) in [7, 11) is 0. The Hall–Kier alpha value is -2.99. The van der Waals surface area contributed by atoms with E-state index in [0.717, 1.165) is 37.1 Å². The van der Waals surface area contributed by atoms with Gasteiger partial charge in [0.15, 0.2) is 11.3 Å². The van der Waals surface area contributed by atoms with E-state index < -0.39 is 5.97 Å². The molecule has 1 aliphatic rings. The molecule has 0 saturated carbocycles. The van der Waals surface area contributed by atoms with Gasteiger partial charge in [0.05, 0.1) is 22.7 Å². The molecule has 1 saturated heterocycles. The number of carboxylic acid groups (broad SMARTS) is 1. The number of carboxylic acids is 1. The SMILES string of the molecule is Cc1cc([C@@H](C)Nc2cc(Cl)ccc2C(=O)O)c2oc(N3CCC(C)(C)CC3)cc(=O)c2c1. The topological polar surface area (TPSA) is 82.8 Å². The van der Waals surface area contributed by atoms with Crippen molar-refractivity contribution in [2.75, 3.05) is 23.3 Å². The van der Waals surface area contributed by atoms with Crippen molar-refractivity contribution >= 4 is 40.1 Å². The van der Waals surface area contributed by atoms with Crippen molar-refractivity contribution in [3.8, 4) is 0 Å². The summed E-state index contributed by atoms with van der Waals surface area (Å²) in [6.07, 6.45) is 2.06. The van der Waals surface area contributed by atoms with Crippen molar-refractivity contribution in [1.29, 1.82) is 0 Å². The van der Waals surface area contributed by atoms with Crippen LogP contribution in [0.3, 0.4) is 0 Å². The number of nitrogens with zero attached hydrogens (tertiary/aromatic N) is 1. The quantitative estimate of drug-likeness (QED) is 0.460. The maximum Gasteiger partial charge on any atom is 0.337 e. The fourth-order valence-electron chi connectivity index (χ4n) is 4.37. The molecule has 2 heterocycles. The zero-order valence-corrected chi connectivity index (χ0v) is 20.1. The molecule has 4 rings (SSSR count). The summed E-state index contributed by atoms with van der Waals surface area (Å²) in [4.78, 5) is 26.9. The summed E-state index contributed by atoms with van der Waals surface area (Å²) in [5.74, 6) is -0.466. The minimum absolute atomic E-state index is 0.0813. The highest BCUT2D eigenvalue weighted by Gasteiger charge is 2.27. The van der Waals surface area contributed by atoms with Crippen LogP contribution in [0.15, 0.2) is 45.6 Å². The molecular formula is C26H29ClN2O4. The van der Waals surface area contributed by atoms with Crippen LogP contribution >= 0.6 is 11.6 Å². The highest BCUT2D eigenvalue weighted by atomic mass is 35.5. The number of rotatable bonds is 5. The minimum Gasteiger partial charge on any atom is -0.478 e. The molecule has 174 valence electrons. The van der Waals surface area contributed by atoms with Crippen LogP contribution in [0.25, 0.3) is 11.0 Å².